The van der Waals surface area contributed by atoms with Crippen molar-refractivity contribution >= 4 is 0 Å². The molecule has 1 nitrogen and oxygen atoms in total. The molecular weight excluding hydrogens is 424 g/mol. The van der Waals surface area contributed by atoms with Gasteiger partial charge in [-0.15, -0.1) is 0 Å². The van der Waals surface area contributed by atoms with Crippen LogP contribution in [0.3, 0.4) is 0 Å². The Morgan fingerprint density at radius 2 is 1.17 bits per heavy atom. The van der Waals surface area contributed by atoms with Gasteiger partial charge in [0.15, 0.2) is 0 Å². The highest BCUT2D eigenvalue weighted by atomic mass is 16.3. The predicted octanol–water partition coefficient (Wildman–Crippen LogP) is 9.11. The summed E-state index contributed by atoms with van der Waals surface area (Å²) in [5, 5.41) is 11.4. The van der Waals surface area contributed by atoms with Gasteiger partial charge < -0.3 is 5.11 Å². The average Bonchev–Trinajstić information content (AvgIpc) is 3.31. The fraction of sp³-hybridized carbons (Fsp3) is 0.294. The first-order valence-corrected chi connectivity index (χ1v) is 12.9. The van der Waals surface area contributed by atoms with Crippen molar-refractivity contribution in [2.24, 2.45) is 0 Å². The first-order chi connectivity index (χ1) is 16.8. The molecule has 0 spiro atoms. The molecule has 4 aromatic carbocycles. The Kier molecular flexibility index (Phi) is 6.28. The molecule has 5 rings (SSSR count). The Balaban J connectivity index is 1.60. The number of hydrogen-bond donors (Lipinski definition) is 1. The summed E-state index contributed by atoms with van der Waals surface area (Å²) in [5.41, 5.74) is 8.42. The standard InChI is InChI=1S/C34H36O/c1-23-19-31(33(35)32(20-23)34(2,3)4)28-18-12-11-17-27(28)26-21-29(24-13-7-5-8-14-24)30(22-26)25-15-9-6-10-16-25/h5-20,26,29-30,35H,21-22H2,1-4H3. The van der Waals surface area contributed by atoms with Gasteiger partial charge in [0.2, 0.25) is 0 Å². The zero-order valence-electron chi connectivity index (χ0n) is 21.3. The maximum absolute atomic E-state index is 11.4. The van der Waals surface area contributed by atoms with Crippen LogP contribution in [0.5, 0.6) is 5.75 Å². The number of phenolic OH excluding ortho intramolecular Hbond substituents is 1. The van der Waals surface area contributed by atoms with Crippen molar-refractivity contribution in [2.75, 3.05) is 0 Å². The van der Waals surface area contributed by atoms with Crippen molar-refractivity contribution in [2.45, 2.75) is 63.7 Å². The summed E-state index contributed by atoms with van der Waals surface area (Å²) in [7, 11) is 0. The van der Waals surface area contributed by atoms with E-state index in [0.29, 0.717) is 23.5 Å². The summed E-state index contributed by atoms with van der Waals surface area (Å²) >= 11 is 0. The number of aromatic hydroxyl groups is 1. The van der Waals surface area contributed by atoms with Crippen molar-refractivity contribution in [1.29, 1.82) is 0 Å². The lowest BCUT2D eigenvalue weighted by Crippen LogP contribution is -2.12. The van der Waals surface area contributed by atoms with E-state index in [1.807, 2.05) is 0 Å². The zero-order chi connectivity index (χ0) is 24.6. The highest BCUT2D eigenvalue weighted by Gasteiger charge is 2.37. The van der Waals surface area contributed by atoms with Gasteiger partial charge in [-0.2, -0.15) is 0 Å². The molecule has 2 unspecified atom stereocenters. The smallest absolute Gasteiger partial charge is 0.127 e. The highest BCUT2D eigenvalue weighted by Crippen LogP contribution is 2.54. The molecule has 178 valence electrons. The van der Waals surface area contributed by atoms with Gasteiger partial charge >= 0.3 is 0 Å². The van der Waals surface area contributed by atoms with Gasteiger partial charge in [0, 0.05) is 11.1 Å². The lowest BCUT2D eigenvalue weighted by atomic mass is 9.81. The maximum Gasteiger partial charge on any atom is 0.127 e. The summed E-state index contributed by atoms with van der Waals surface area (Å²) in [6.45, 7) is 8.64. The molecule has 1 heteroatoms. The van der Waals surface area contributed by atoms with Gasteiger partial charge in [-0.1, -0.05) is 112 Å². The fourth-order valence-electron chi connectivity index (χ4n) is 6.08. The summed E-state index contributed by atoms with van der Waals surface area (Å²) in [4.78, 5) is 0. The van der Waals surface area contributed by atoms with Gasteiger partial charge in [-0.3, -0.25) is 0 Å². The Labute approximate surface area is 210 Å². The van der Waals surface area contributed by atoms with Crippen molar-refractivity contribution in [3.63, 3.8) is 0 Å². The summed E-state index contributed by atoms with van der Waals surface area (Å²) < 4.78 is 0. The minimum atomic E-state index is -0.121. The molecular formula is C34H36O. The van der Waals surface area contributed by atoms with Gasteiger partial charge in [0.05, 0.1) is 0 Å². The minimum absolute atomic E-state index is 0.121. The number of hydrogen-bond acceptors (Lipinski definition) is 1. The SMILES string of the molecule is Cc1cc(-c2ccccc2C2CC(c3ccccc3)C(c3ccccc3)C2)c(O)c(C(C)(C)C)c1. The van der Waals surface area contributed by atoms with E-state index in [4.69, 9.17) is 0 Å². The molecule has 0 radical (unpaired) electrons. The van der Waals surface area contributed by atoms with Gasteiger partial charge in [0.1, 0.15) is 5.75 Å². The van der Waals surface area contributed by atoms with Crippen LogP contribution in [0.25, 0.3) is 11.1 Å². The molecule has 1 fully saturated rings. The normalized spacial score (nSPS) is 20.2. The third kappa shape index (κ3) is 4.65. The minimum Gasteiger partial charge on any atom is -0.507 e. The molecule has 1 aliphatic carbocycles. The van der Waals surface area contributed by atoms with Crippen molar-refractivity contribution < 1.29 is 5.11 Å². The molecule has 0 bridgehead atoms. The molecule has 0 heterocycles. The van der Waals surface area contributed by atoms with Crippen LogP contribution in [0.1, 0.15) is 79.2 Å². The van der Waals surface area contributed by atoms with E-state index in [1.54, 1.807) is 0 Å². The first-order valence-electron chi connectivity index (χ1n) is 12.9. The van der Waals surface area contributed by atoms with E-state index in [0.717, 1.165) is 24.0 Å². The van der Waals surface area contributed by atoms with E-state index in [1.165, 1.54) is 27.8 Å². The molecule has 0 amide bonds. The highest BCUT2D eigenvalue weighted by molar-refractivity contribution is 5.76. The molecule has 1 aliphatic rings. The van der Waals surface area contributed by atoms with E-state index in [2.05, 4.69) is 125 Å². The lowest BCUT2D eigenvalue weighted by Gasteiger charge is -2.24. The van der Waals surface area contributed by atoms with Gasteiger partial charge in [0.25, 0.3) is 0 Å². The van der Waals surface area contributed by atoms with Crippen molar-refractivity contribution in [3.8, 4) is 16.9 Å². The average molecular weight is 461 g/mol. The molecule has 1 N–H and O–H groups in total. The van der Waals surface area contributed by atoms with E-state index in [9.17, 15) is 5.11 Å². The van der Waals surface area contributed by atoms with Gasteiger partial charge in [-0.05, 0) is 76.8 Å². The first kappa shape index (κ1) is 23.4. The molecule has 4 aromatic rings. The van der Waals surface area contributed by atoms with Crippen LogP contribution in [-0.2, 0) is 5.41 Å². The van der Waals surface area contributed by atoms with Crippen LogP contribution in [0.15, 0.2) is 97.1 Å². The second-order valence-electron chi connectivity index (χ2n) is 11.2. The Bertz CT molecular complexity index is 1250. The maximum atomic E-state index is 11.4. The number of phenols is 1. The monoisotopic (exact) mass is 460 g/mol. The van der Waals surface area contributed by atoms with E-state index < -0.39 is 0 Å². The Morgan fingerprint density at radius 1 is 0.657 bits per heavy atom. The fourth-order valence-corrected chi connectivity index (χ4v) is 6.08. The molecule has 2 atom stereocenters. The molecule has 0 saturated heterocycles. The Morgan fingerprint density at radius 3 is 1.71 bits per heavy atom. The number of rotatable bonds is 4. The number of benzene rings is 4. The third-order valence-corrected chi connectivity index (χ3v) is 7.77. The van der Waals surface area contributed by atoms with Crippen LogP contribution in [0.2, 0.25) is 0 Å². The second-order valence-corrected chi connectivity index (χ2v) is 11.2. The Hall–Kier alpha value is -3.32. The predicted molar refractivity (Wildman–Crippen MR) is 147 cm³/mol. The van der Waals surface area contributed by atoms with Crippen LogP contribution >= 0.6 is 0 Å². The summed E-state index contributed by atoms with van der Waals surface area (Å²) in [6.07, 6.45) is 2.22. The molecule has 35 heavy (non-hydrogen) atoms. The van der Waals surface area contributed by atoms with Gasteiger partial charge in [-0.25, -0.2) is 0 Å². The van der Waals surface area contributed by atoms with Crippen LogP contribution in [0, 0.1) is 6.92 Å². The lowest BCUT2D eigenvalue weighted by molar-refractivity contribution is 0.448. The van der Waals surface area contributed by atoms with E-state index in [-0.39, 0.29) is 5.41 Å². The molecule has 0 aliphatic heterocycles. The molecule has 0 aromatic heterocycles. The van der Waals surface area contributed by atoms with E-state index >= 15 is 0 Å². The van der Waals surface area contributed by atoms with Crippen molar-refractivity contribution in [1.82, 2.24) is 0 Å². The quantitative estimate of drug-likeness (QED) is 0.322. The van der Waals surface area contributed by atoms with Crippen LogP contribution in [-0.4, -0.2) is 5.11 Å². The topological polar surface area (TPSA) is 20.2 Å². The van der Waals surface area contributed by atoms with Crippen molar-refractivity contribution in [3.05, 3.63) is 125 Å². The van der Waals surface area contributed by atoms with Crippen LogP contribution < -0.4 is 0 Å². The summed E-state index contributed by atoms with van der Waals surface area (Å²) in [5.74, 6) is 1.81. The molecule has 1 saturated carbocycles. The second kappa shape index (κ2) is 9.38. The third-order valence-electron chi connectivity index (χ3n) is 7.77. The zero-order valence-corrected chi connectivity index (χ0v) is 21.3. The van der Waals surface area contributed by atoms with Crippen LogP contribution in [0.4, 0.5) is 0 Å². The number of aryl methyl sites for hydroxylation is 1. The largest absolute Gasteiger partial charge is 0.507 e. The summed E-state index contributed by atoms with van der Waals surface area (Å²) in [6, 6.07) is 35.1.